The average molecular weight is 371 g/mol. The summed E-state index contributed by atoms with van der Waals surface area (Å²) in [6.45, 7) is 3.51. The number of aryl methyl sites for hydroxylation is 1. The third-order valence-electron chi connectivity index (χ3n) is 4.15. The maximum Gasteiger partial charge on any atom is 0.277 e. The molecule has 7 heteroatoms. The zero-order chi connectivity index (χ0) is 17.2. The molecule has 0 atom stereocenters. The fraction of sp³-hybridized carbons (Fsp3) is 0.278. The molecule has 5 nitrogen and oxygen atoms in total. The number of benzene rings is 1. The molecule has 0 unspecified atom stereocenters. The summed E-state index contributed by atoms with van der Waals surface area (Å²) in [4.78, 5) is 15.7. The van der Waals surface area contributed by atoms with E-state index in [0.717, 1.165) is 24.1 Å². The largest absolute Gasteiger partial charge is 0.411 e. The van der Waals surface area contributed by atoms with Gasteiger partial charge in [-0.05, 0) is 42.5 Å². The topological polar surface area (TPSA) is 59.2 Å². The normalized spacial score (nSPS) is 13.7. The molecule has 0 saturated carbocycles. The van der Waals surface area contributed by atoms with Gasteiger partial charge in [-0.15, -0.1) is 21.5 Å². The van der Waals surface area contributed by atoms with Gasteiger partial charge in [0.15, 0.2) is 0 Å². The maximum absolute atomic E-state index is 12.4. The number of aromatic nitrogens is 2. The number of carbonyl (C=O) groups excluding carboxylic acids is 1. The van der Waals surface area contributed by atoms with Crippen LogP contribution in [0, 0.1) is 6.92 Å². The lowest BCUT2D eigenvalue weighted by Crippen LogP contribution is -2.36. The van der Waals surface area contributed by atoms with Crippen LogP contribution in [0.4, 0.5) is 0 Å². The first kappa shape index (κ1) is 16.4. The Balaban J connectivity index is 1.37. The first-order valence-corrected chi connectivity index (χ1v) is 9.92. The summed E-state index contributed by atoms with van der Waals surface area (Å²) >= 11 is 3.07. The standard InChI is InChI=1S/C18H17N3O2S2/c1-12-3-2-4-13(9-12)17-19-20-18(23-17)25-11-16(22)21-7-5-15-14(10-21)6-8-24-15/h2-4,6,8-9H,5,7,10-11H2,1H3. The van der Waals surface area contributed by atoms with E-state index in [1.807, 2.05) is 36.1 Å². The summed E-state index contributed by atoms with van der Waals surface area (Å²) in [6.07, 6.45) is 0.946. The Kier molecular flexibility index (Phi) is 4.59. The van der Waals surface area contributed by atoms with Crippen LogP contribution in [-0.4, -0.2) is 33.3 Å². The molecule has 1 aliphatic heterocycles. The van der Waals surface area contributed by atoms with Crippen molar-refractivity contribution in [1.82, 2.24) is 15.1 Å². The smallest absolute Gasteiger partial charge is 0.277 e. The predicted molar refractivity (Wildman–Crippen MR) is 98.6 cm³/mol. The van der Waals surface area contributed by atoms with Crippen LogP contribution in [0.5, 0.6) is 0 Å². The molecule has 3 aromatic rings. The summed E-state index contributed by atoms with van der Waals surface area (Å²) in [6, 6.07) is 10.0. The monoisotopic (exact) mass is 371 g/mol. The minimum absolute atomic E-state index is 0.108. The molecule has 1 amide bonds. The van der Waals surface area contributed by atoms with E-state index in [-0.39, 0.29) is 5.91 Å². The van der Waals surface area contributed by atoms with Crippen molar-refractivity contribution in [3.05, 3.63) is 51.7 Å². The second-order valence-corrected chi connectivity index (χ2v) is 7.89. The number of amides is 1. The van der Waals surface area contributed by atoms with E-state index >= 15 is 0 Å². The van der Waals surface area contributed by atoms with Crippen LogP contribution < -0.4 is 0 Å². The molecule has 0 N–H and O–H groups in total. The number of thiophene rings is 1. The fourth-order valence-electron chi connectivity index (χ4n) is 2.84. The van der Waals surface area contributed by atoms with Crippen molar-refractivity contribution in [2.75, 3.05) is 12.3 Å². The molecule has 2 aromatic heterocycles. The second kappa shape index (κ2) is 7.01. The van der Waals surface area contributed by atoms with Gasteiger partial charge in [-0.2, -0.15) is 0 Å². The van der Waals surface area contributed by atoms with E-state index in [1.54, 1.807) is 11.3 Å². The van der Waals surface area contributed by atoms with Gasteiger partial charge in [0.05, 0.1) is 5.75 Å². The Labute approximate surface area is 154 Å². The van der Waals surface area contributed by atoms with Crippen molar-refractivity contribution in [3.8, 4) is 11.5 Å². The Morgan fingerprint density at radius 2 is 2.28 bits per heavy atom. The van der Waals surface area contributed by atoms with E-state index in [9.17, 15) is 4.79 Å². The molecule has 1 aliphatic rings. The Morgan fingerprint density at radius 3 is 3.16 bits per heavy atom. The van der Waals surface area contributed by atoms with Crippen molar-refractivity contribution in [2.24, 2.45) is 0 Å². The van der Waals surface area contributed by atoms with Crippen LogP contribution in [0.15, 0.2) is 45.4 Å². The van der Waals surface area contributed by atoms with Crippen molar-refractivity contribution in [2.45, 2.75) is 25.1 Å². The molecule has 0 fully saturated rings. The highest BCUT2D eigenvalue weighted by Crippen LogP contribution is 2.26. The molecular weight excluding hydrogens is 354 g/mol. The summed E-state index contributed by atoms with van der Waals surface area (Å²) in [7, 11) is 0. The Bertz CT molecular complexity index is 903. The summed E-state index contributed by atoms with van der Waals surface area (Å²) in [5, 5.41) is 10.6. The fourth-order valence-corrected chi connectivity index (χ4v) is 4.39. The van der Waals surface area contributed by atoms with Gasteiger partial charge >= 0.3 is 0 Å². The lowest BCUT2D eigenvalue weighted by molar-refractivity contribution is -0.129. The van der Waals surface area contributed by atoms with E-state index < -0.39 is 0 Å². The highest BCUT2D eigenvalue weighted by Gasteiger charge is 2.22. The third kappa shape index (κ3) is 3.62. The quantitative estimate of drug-likeness (QED) is 0.653. The molecule has 128 valence electrons. The van der Waals surface area contributed by atoms with Crippen LogP contribution in [0.25, 0.3) is 11.5 Å². The Morgan fingerprint density at radius 1 is 1.36 bits per heavy atom. The van der Waals surface area contributed by atoms with Gasteiger partial charge in [0, 0.05) is 23.5 Å². The molecule has 0 saturated heterocycles. The summed E-state index contributed by atoms with van der Waals surface area (Å²) in [5.74, 6) is 0.909. The molecule has 4 rings (SSSR count). The minimum atomic E-state index is 0.108. The van der Waals surface area contributed by atoms with E-state index in [0.29, 0.717) is 23.4 Å². The molecule has 25 heavy (non-hydrogen) atoms. The van der Waals surface area contributed by atoms with Gasteiger partial charge in [-0.3, -0.25) is 4.79 Å². The number of rotatable bonds is 4. The van der Waals surface area contributed by atoms with E-state index in [1.165, 1.54) is 22.2 Å². The molecule has 0 spiro atoms. The van der Waals surface area contributed by atoms with Crippen LogP contribution in [0.3, 0.4) is 0 Å². The van der Waals surface area contributed by atoms with Gasteiger partial charge < -0.3 is 9.32 Å². The molecule has 3 heterocycles. The van der Waals surface area contributed by atoms with Gasteiger partial charge in [0.2, 0.25) is 11.8 Å². The highest BCUT2D eigenvalue weighted by atomic mass is 32.2. The van der Waals surface area contributed by atoms with Crippen LogP contribution >= 0.6 is 23.1 Å². The number of hydrogen-bond acceptors (Lipinski definition) is 6. The van der Waals surface area contributed by atoms with Gasteiger partial charge in [0.25, 0.3) is 5.22 Å². The lowest BCUT2D eigenvalue weighted by Gasteiger charge is -2.26. The number of hydrogen-bond donors (Lipinski definition) is 0. The summed E-state index contributed by atoms with van der Waals surface area (Å²) in [5.41, 5.74) is 3.30. The first-order chi connectivity index (χ1) is 12.2. The molecule has 0 radical (unpaired) electrons. The van der Waals surface area contributed by atoms with Crippen molar-refractivity contribution in [3.63, 3.8) is 0 Å². The first-order valence-electron chi connectivity index (χ1n) is 8.05. The lowest BCUT2D eigenvalue weighted by atomic mass is 10.1. The molecular formula is C18H17N3O2S2. The highest BCUT2D eigenvalue weighted by molar-refractivity contribution is 7.99. The SMILES string of the molecule is Cc1cccc(-c2nnc(SCC(=O)N3CCc4sccc4C3)o2)c1. The average Bonchev–Trinajstić information content (AvgIpc) is 3.28. The van der Waals surface area contributed by atoms with E-state index in [2.05, 4.69) is 21.6 Å². The zero-order valence-electron chi connectivity index (χ0n) is 13.8. The predicted octanol–water partition coefficient (Wildman–Crippen LogP) is 3.78. The number of thioether (sulfide) groups is 1. The molecule has 0 bridgehead atoms. The van der Waals surface area contributed by atoms with Crippen LogP contribution in [-0.2, 0) is 17.8 Å². The maximum atomic E-state index is 12.4. The second-order valence-electron chi connectivity index (χ2n) is 5.97. The zero-order valence-corrected chi connectivity index (χ0v) is 15.4. The number of carbonyl (C=O) groups is 1. The number of nitrogens with zero attached hydrogens (tertiary/aromatic N) is 3. The number of fused-ring (bicyclic) bond motifs is 1. The molecule has 1 aromatic carbocycles. The Hall–Kier alpha value is -2.12. The molecule has 0 aliphatic carbocycles. The van der Waals surface area contributed by atoms with Gasteiger partial charge in [0.1, 0.15) is 0 Å². The summed E-state index contributed by atoms with van der Waals surface area (Å²) < 4.78 is 5.68. The van der Waals surface area contributed by atoms with Crippen molar-refractivity contribution in [1.29, 1.82) is 0 Å². The third-order valence-corrected chi connectivity index (χ3v) is 5.98. The van der Waals surface area contributed by atoms with Crippen molar-refractivity contribution >= 4 is 29.0 Å². The van der Waals surface area contributed by atoms with Crippen LogP contribution in [0.2, 0.25) is 0 Å². The van der Waals surface area contributed by atoms with Gasteiger partial charge in [-0.25, -0.2) is 0 Å². The van der Waals surface area contributed by atoms with Crippen LogP contribution in [0.1, 0.15) is 16.0 Å². The van der Waals surface area contributed by atoms with E-state index in [4.69, 9.17) is 4.42 Å². The minimum Gasteiger partial charge on any atom is -0.411 e. The van der Waals surface area contributed by atoms with Crippen molar-refractivity contribution < 1.29 is 9.21 Å². The van der Waals surface area contributed by atoms with Gasteiger partial charge in [-0.1, -0.05) is 29.5 Å².